The maximum Gasteiger partial charge on any atom is 0.394 e. The van der Waals surface area contributed by atoms with E-state index in [1.54, 1.807) is 0 Å². The molecule has 0 unspecified atom stereocenters. The minimum atomic E-state index is -4.67. The summed E-state index contributed by atoms with van der Waals surface area (Å²) in [4.78, 5) is 0. The quantitative estimate of drug-likeness (QED) is 0.586. The molecule has 0 spiro atoms. The standard InChI is InChI=1S/C10H13N.H2O4S/c1-2-4-10-6-8-11-7-5-9(10)3-1;1-5(2,3)4/h1-4,11H,5-8H2;(H2,1,2,3,4). The Labute approximate surface area is 95.1 Å². The average Bonchev–Trinajstić information content (AvgIpc) is 2.39. The van der Waals surface area contributed by atoms with Gasteiger partial charge >= 0.3 is 10.4 Å². The van der Waals surface area contributed by atoms with Crippen LogP contribution in [-0.4, -0.2) is 30.6 Å². The molecule has 0 saturated heterocycles. The largest absolute Gasteiger partial charge is 0.394 e. The van der Waals surface area contributed by atoms with E-state index in [0.717, 1.165) is 13.1 Å². The second-order valence-corrected chi connectivity index (χ2v) is 4.36. The molecule has 6 heteroatoms. The Morgan fingerprint density at radius 1 is 1.00 bits per heavy atom. The summed E-state index contributed by atoms with van der Waals surface area (Å²) < 4.78 is 31.6. The highest BCUT2D eigenvalue weighted by Gasteiger charge is 2.04. The van der Waals surface area contributed by atoms with E-state index in [1.807, 2.05) is 0 Å². The first-order chi connectivity index (χ1) is 7.47. The van der Waals surface area contributed by atoms with Crippen molar-refractivity contribution >= 4 is 10.4 Å². The summed E-state index contributed by atoms with van der Waals surface area (Å²) in [7, 11) is -4.67. The molecule has 1 aliphatic heterocycles. The number of hydrogen-bond donors (Lipinski definition) is 3. The lowest BCUT2D eigenvalue weighted by Gasteiger charge is -2.01. The SMILES string of the molecule is O=S(=O)(O)O.c1ccc2c(c1)CCNCC2. The molecule has 0 radical (unpaired) electrons. The van der Waals surface area contributed by atoms with E-state index in [1.165, 1.54) is 24.0 Å². The first kappa shape index (κ1) is 13.1. The lowest BCUT2D eigenvalue weighted by molar-refractivity contribution is 0.381. The van der Waals surface area contributed by atoms with Crippen LogP contribution >= 0.6 is 0 Å². The normalized spacial score (nSPS) is 15.4. The van der Waals surface area contributed by atoms with Gasteiger partial charge in [0.25, 0.3) is 0 Å². The lowest BCUT2D eigenvalue weighted by atomic mass is 10.0. The Kier molecular flexibility index (Phi) is 4.88. The van der Waals surface area contributed by atoms with Crippen LogP contribution in [0.1, 0.15) is 11.1 Å². The summed E-state index contributed by atoms with van der Waals surface area (Å²) in [6.45, 7) is 2.27. The van der Waals surface area contributed by atoms with E-state index in [9.17, 15) is 0 Å². The van der Waals surface area contributed by atoms with Gasteiger partial charge in [0.05, 0.1) is 0 Å². The van der Waals surface area contributed by atoms with Crippen LogP contribution in [0.3, 0.4) is 0 Å². The molecular weight excluding hydrogens is 230 g/mol. The highest BCUT2D eigenvalue weighted by Crippen LogP contribution is 2.11. The van der Waals surface area contributed by atoms with E-state index >= 15 is 0 Å². The maximum atomic E-state index is 8.74. The summed E-state index contributed by atoms with van der Waals surface area (Å²) in [5.74, 6) is 0. The van der Waals surface area contributed by atoms with E-state index in [-0.39, 0.29) is 0 Å². The Morgan fingerprint density at radius 3 is 1.75 bits per heavy atom. The zero-order valence-electron chi connectivity index (χ0n) is 8.76. The molecule has 1 heterocycles. The van der Waals surface area contributed by atoms with E-state index in [4.69, 9.17) is 17.5 Å². The first-order valence-corrected chi connectivity index (χ1v) is 6.34. The zero-order chi connectivity index (χ0) is 12.0. The van der Waals surface area contributed by atoms with Crippen molar-refractivity contribution in [2.75, 3.05) is 13.1 Å². The van der Waals surface area contributed by atoms with Crippen molar-refractivity contribution in [1.29, 1.82) is 0 Å². The van der Waals surface area contributed by atoms with Gasteiger partial charge in [-0.05, 0) is 37.1 Å². The predicted octanol–water partition coefficient (Wildman–Crippen LogP) is 0.722. The minimum absolute atomic E-state index is 1.14. The Hall–Kier alpha value is -0.950. The summed E-state index contributed by atoms with van der Waals surface area (Å²) in [6.07, 6.45) is 2.38. The van der Waals surface area contributed by atoms with Gasteiger partial charge in [0.2, 0.25) is 0 Å². The highest BCUT2D eigenvalue weighted by atomic mass is 32.3. The Morgan fingerprint density at radius 2 is 1.38 bits per heavy atom. The predicted molar refractivity (Wildman–Crippen MR) is 60.9 cm³/mol. The van der Waals surface area contributed by atoms with Crippen molar-refractivity contribution in [1.82, 2.24) is 5.32 Å². The van der Waals surface area contributed by atoms with Crippen LogP contribution in [0.5, 0.6) is 0 Å². The van der Waals surface area contributed by atoms with Gasteiger partial charge in [0.15, 0.2) is 0 Å². The number of nitrogens with one attached hydrogen (secondary N) is 1. The first-order valence-electron chi connectivity index (χ1n) is 4.94. The molecule has 0 saturated carbocycles. The van der Waals surface area contributed by atoms with Gasteiger partial charge in [-0.3, -0.25) is 9.11 Å². The molecule has 1 aromatic rings. The van der Waals surface area contributed by atoms with E-state index < -0.39 is 10.4 Å². The number of benzene rings is 1. The van der Waals surface area contributed by atoms with Crippen molar-refractivity contribution in [2.24, 2.45) is 0 Å². The molecule has 0 aliphatic carbocycles. The molecule has 2 rings (SSSR count). The summed E-state index contributed by atoms with van der Waals surface area (Å²) in [5, 5.41) is 3.39. The van der Waals surface area contributed by atoms with E-state index in [2.05, 4.69) is 29.6 Å². The third-order valence-electron chi connectivity index (χ3n) is 2.26. The molecule has 90 valence electrons. The summed E-state index contributed by atoms with van der Waals surface area (Å²) in [6, 6.07) is 8.74. The van der Waals surface area contributed by atoms with Crippen LogP contribution < -0.4 is 5.32 Å². The highest BCUT2D eigenvalue weighted by molar-refractivity contribution is 7.79. The molecule has 0 aromatic heterocycles. The van der Waals surface area contributed by atoms with Crippen molar-refractivity contribution in [2.45, 2.75) is 12.8 Å². The van der Waals surface area contributed by atoms with Gasteiger partial charge in [-0.1, -0.05) is 24.3 Å². The van der Waals surface area contributed by atoms with E-state index in [0.29, 0.717) is 0 Å². The molecule has 0 bridgehead atoms. The fraction of sp³-hybridized carbons (Fsp3) is 0.400. The second-order valence-electron chi connectivity index (χ2n) is 3.47. The van der Waals surface area contributed by atoms with Crippen LogP contribution in [0, 0.1) is 0 Å². The van der Waals surface area contributed by atoms with Gasteiger partial charge in [-0.15, -0.1) is 0 Å². The monoisotopic (exact) mass is 245 g/mol. The minimum Gasteiger partial charge on any atom is -0.316 e. The van der Waals surface area contributed by atoms with Crippen LogP contribution in [0.15, 0.2) is 24.3 Å². The lowest BCUT2D eigenvalue weighted by Crippen LogP contribution is -2.16. The number of fused-ring (bicyclic) bond motifs is 1. The zero-order valence-corrected chi connectivity index (χ0v) is 9.57. The van der Waals surface area contributed by atoms with Gasteiger partial charge < -0.3 is 5.32 Å². The van der Waals surface area contributed by atoms with Crippen LogP contribution in [0.25, 0.3) is 0 Å². The van der Waals surface area contributed by atoms with Crippen LogP contribution in [-0.2, 0) is 23.2 Å². The van der Waals surface area contributed by atoms with Gasteiger partial charge in [0, 0.05) is 0 Å². The molecule has 16 heavy (non-hydrogen) atoms. The van der Waals surface area contributed by atoms with Crippen molar-refractivity contribution in [3.8, 4) is 0 Å². The molecule has 1 aromatic carbocycles. The van der Waals surface area contributed by atoms with Gasteiger partial charge in [0.1, 0.15) is 0 Å². The maximum absolute atomic E-state index is 8.74. The molecule has 5 nitrogen and oxygen atoms in total. The Balaban J connectivity index is 0.000000221. The smallest absolute Gasteiger partial charge is 0.316 e. The summed E-state index contributed by atoms with van der Waals surface area (Å²) >= 11 is 0. The molecule has 1 aliphatic rings. The van der Waals surface area contributed by atoms with Gasteiger partial charge in [-0.25, -0.2) is 0 Å². The molecule has 0 fully saturated rings. The topological polar surface area (TPSA) is 86.6 Å². The van der Waals surface area contributed by atoms with Crippen LogP contribution in [0.2, 0.25) is 0 Å². The molecule has 0 atom stereocenters. The average molecular weight is 245 g/mol. The third-order valence-corrected chi connectivity index (χ3v) is 2.26. The Bertz CT molecular complexity index is 397. The van der Waals surface area contributed by atoms with Crippen molar-refractivity contribution < 1.29 is 17.5 Å². The summed E-state index contributed by atoms with van der Waals surface area (Å²) in [5.41, 5.74) is 3.05. The van der Waals surface area contributed by atoms with Crippen LogP contribution in [0.4, 0.5) is 0 Å². The fourth-order valence-electron chi connectivity index (χ4n) is 1.62. The number of rotatable bonds is 0. The second kappa shape index (κ2) is 5.95. The molecule has 3 N–H and O–H groups in total. The third kappa shape index (κ3) is 5.82. The van der Waals surface area contributed by atoms with Crippen molar-refractivity contribution in [3.63, 3.8) is 0 Å². The van der Waals surface area contributed by atoms with Gasteiger partial charge in [-0.2, -0.15) is 8.42 Å². The van der Waals surface area contributed by atoms with Crippen molar-refractivity contribution in [3.05, 3.63) is 35.4 Å². The molecule has 0 amide bonds. The molecular formula is C10H15NO4S. The number of hydrogen-bond acceptors (Lipinski definition) is 3. The fourth-order valence-corrected chi connectivity index (χ4v) is 1.62.